The molecular weight excluding hydrogens is 300 g/mol. The maximum absolute atomic E-state index is 11.9. The summed E-state index contributed by atoms with van der Waals surface area (Å²) in [4.78, 5) is 22.6. The quantitative estimate of drug-likeness (QED) is 0.663. The highest BCUT2D eigenvalue weighted by Gasteiger charge is 2.11. The number of halogens is 1. The summed E-state index contributed by atoms with van der Waals surface area (Å²) in [5.41, 5.74) is 7.88. The lowest BCUT2D eigenvalue weighted by atomic mass is 10.2. The fourth-order valence-corrected chi connectivity index (χ4v) is 2.64. The molecule has 0 atom stereocenters. The van der Waals surface area contributed by atoms with Crippen LogP contribution >= 0.6 is 22.9 Å². The smallest absolute Gasteiger partial charge is 0.332 e. The molecule has 0 aliphatic carbocycles. The maximum atomic E-state index is 11.9. The molecule has 1 heterocycles. The SMILES string of the molecule is NC(=O)NN=Cc1sc(=O)n(Cc2ccccc2)c1Cl. The molecule has 3 N–H and O–H groups in total. The third-order valence-corrected chi connectivity index (χ3v) is 3.83. The zero-order chi connectivity index (χ0) is 14.5. The van der Waals surface area contributed by atoms with Crippen molar-refractivity contribution in [2.24, 2.45) is 10.8 Å². The fraction of sp³-hybridized carbons (Fsp3) is 0.0833. The van der Waals surface area contributed by atoms with E-state index in [-0.39, 0.29) is 10.0 Å². The van der Waals surface area contributed by atoms with E-state index in [2.05, 4.69) is 5.10 Å². The third-order valence-electron chi connectivity index (χ3n) is 2.40. The first-order chi connectivity index (χ1) is 9.58. The van der Waals surface area contributed by atoms with E-state index < -0.39 is 6.03 Å². The number of carbonyl (C=O) groups excluding carboxylic acids is 1. The molecule has 2 rings (SSSR count). The van der Waals surface area contributed by atoms with Gasteiger partial charge in [0.2, 0.25) is 0 Å². The van der Waals surface area contributed by atoms with E-state index >= 15 is 0 Å². The molecule has 0 radical (unpaired) electrons. The number of amides is 2. The summed E-state index contributed by atoms with van der Waals surface area (Å²) in [6.07, 6.45) is 1.29. The Morgan fingerprint density at radius 2 is 2.15 bits per heavy atom. The van der Waals surface area contributed by atoms with Gasteiger partial charge >= 0.3 is 10.9 Å². The summed E-state index contributed by atoms with van der Waals surface area (Å²) >= 11 is 7.08. The third kappa shape index (κ3) is 3.46. The number of hydrogen-bond donors (Lipinski definition) is 2. The molecule has 0 unspecified atom stereocenters. The van der Waals surface area contributed by atoms with Gasteiger partial charge in [0.05, 0.1) is 17.6 Å². The molecule has 0 spiro atoms. The number of primary amides is 1. The Morgan fingerprint density at radius 1 is 1.45 bits per heavy atom. The Morgan fingerprint density at radius 3 is 2.80 bits per heavy atom. The number of urea groups is 1. The minimum atomic E-state index is -0.784. The standard InChI is InChI=1S/C12H11ClN4O2S/c13-10-9(6-15-16-11(14)18)20-12(19)17(10)7-8-4-2-1-3-5-8/h1-6H,7H2,(H3,14,16,18). The number of nitrogens with one attached hydrogen (secondary N) is 1. The summed E-state index contributed by atoms with van der Waals surface area (Å²) in [6, 6.07) is 8.70. The Labute approximate surface area is 123 Å². The highest BCUT2D eigenvalue weighted by Crippen LogP contribution is 2.18. The van der Waals surface area contributed by atoms with Gasteiger partial charge in [-0.3, -0.25) is 9.36 Å². The van der Waals surface area contributed by atoms with Crippen LogP contribution in [0.2, 0.25) is 5.15 Å². The lowest BCUT2D eigenvalue weighted by molar-refractivity contribution is 0.249. The van der Waals surface area contributed by atoms with Gasteiger partial charge < -0.3 is 5.73 Å². The molecule has 1 aromatic carbocycles. The largest absolute Gasteiger partial charge is 0.350 e. The molecule has 0 saturated carbocycles. The van der Waals surface area contributed by atoms with Crippen molar-refractivity contribution in [3.63, 3.8) is 0 Å². The van der Waals surface area contributed by atoms with Gasteiger partial charge in [-0.15, -0.1) is 0 Å². The molecule has 1 aromatic heterocycles. The van der Waals surface area contributed by atoms with Crippen LogP contribution in [0.3, 0.4) is 0 Å². The summed E-state index contributed by atoms with van der Waals surface area (Å²) in [5, 5.41) is 3.86. The summed E-state index contributed by atoms with van der Waals surface area (Å²) in [7, 11) is 0. The Hall–Kier alpha value is -2.12. The maximum Gasteiger partial charge on any atom is 0.332 e. The zero-order valence-corrected chi connectivity index (χ0v) is 11.8. The van der Waals surface area contributed by atoms with Crippen molar-refractivity contribution in [3.05, 3.63) is 55.6 Å². The monoisotopic (exact) mass is 310 g/mol. The molecule has 0 aliphatic rings. The van der Waals surface area contributed by atoms with Crippen LogP contribution in [0.25, 0.3) is 0 Å². The number of nitrogens with two attached hydrogens (primary N) is 1. The van der Waals surface area contributed by atoms with Gasteiger partial charge in [-0.2, -0.15) is 5.10 Å². The highest BCUT2D eigenvalue weighted by atomic mass is 35.5. The number of carbonyl (C=O) groups is 1. The number of thiazole rings is 1. The van der Waals surface area contributed by atoms with E-state index in [9.17, 15) is 9.59 Å². The second-order valence-corrected chi connectivity index (χ2v) is 5.18. The van der Waals surface area contributed by atoms with Crippen molar-refractivity contribution in [1.29, 1.82) is 0 Å². The number of benzene rings is 1. The molecule has 0 bridgehead atoms. The van der Waals surface area contributed by atoms with Crippen molar-refractivity contribution >= 4 is 35.2 Å². The van der Waals surface area contributed by atoms with E-state index in [1.165, 1.54) is 10.8 Å². The average Bonchev–Trinajstić information content (AvgIpc) is 2.67. The van der Waals surface area contributed by atoms with Gasteiger partial charge in [-0.05, 0) is 5.56 Å². The van der Waals surface area contributed by atoms with Gasteiger partial charge in [0.15, 0.2) is 0 Å². The number of hydrazone groups is 1. The van der Waals surface area contributed by atoms with Crippen LogP contribution in [-0.4, -0.2) is 16.8 Å². The fourth-order valence-electron chi connectivity index (χ4n) is 1.54. The predicted molar refractivity (Wildman–Crippen MR) is 79.4 cm³/mol. The van der Waals surface area contributed by atoms with E-state index in [1.807, 2.05) is 35.8 Å². The topological polar surface area (TPSA) is 89.5 Å². The van der Waals surface area contributed by atoms with Crippen LogP contribution in [0, 0.1) is 0 Å². The highest BCUT2D eigenvalue weighted by molar-refractivity contribution is 7.11. The molecule has 104 valence electrons. The van der Waals surface area contributed by atoms with Crippen LogP contribution in [0.1, 0.15) is 10.4 Å². The van der Waals surface area contributed by atoms with Crippen molar-refractivity contribution in [2.45, 2.75) is 6.54 Å². The normalized spacial score (nSPS) is 10.8. The van der Waals surface area contributed by atoms with Crippen LogP contribution < -0.4 is 16.0 Å². The van der Waals surface area contributed by atoms with Gasteiger partial charge in [0.25, 0.3) is 0 Å². The predicted octanol–water partition coefficient (Wildman–Crippen LogP) is 1.61. The van der Waals surface area contributed by atoms with Crippen molar-refractivity contribution in [2.75, 3.05) is 0 Å². The van der Waals surface area contributed by atoms with Crippen molar-refractivity contribution in [1.82, 2.24) is 9.99 Å². The van der Waals surface area contributed by atoms with E-state index in [0.29, 0.717) is 11.4 Å². The van der Waals surface area contributed by atoms with Crippen LogP contribution in [-0.2, 0) is 6.54 Å². The van der Waals surface area contributed by atoms with Crippen molar-refractivity contribution < 1.29 is 4.79 Å². The number of aromatic nitrogens is 1. The first-order valence-corrected chi connectivity index (χ1v) is 6.79. The summed E-state index contributed by atoms with van der Waals surface area (Å²) < 4.78 is 1.44. The molecule has 2 amide bonds. The molecular formula is C12H11ClN4O2S. The Balaban J connectivity index is 2.23. The van der Waals surface area contributed by atoms with Crippen LogP contribution in [0.5, 0.6) is 0 Å². The lowest BCUT2D eigenvalue weighted by Gasteiger charge is -2.03. The molecule has 20 heavy (non-hydrogen) atoms. The van der Waals surface area contributed by atoms with Crippen molar-refractivity contribution in [3.8, 4) is 0 Å². The summed E-state index contributed by atoms with van der Waals surface area (Å²) in [5.74, 6) is 0. The molecule has 6 nitrogen and oxygen atoms in total. The second kappa shape index (κ2) is 6.36. The van der Waals surface area contributed by atoms with Crippen LogP contribution in [0.4, 0.5) is 4.79 Å². The minimum Gasteiger partial charge on any atom is -0.350 e. The van der Waals surface area contributed by atoms with E-state index in [4.69, 9.17) is 17.3 Å². The minimum absolute atomic E-state index is 0.195. The second-order valence-electron chi connectivity index (χ2n) is 3.83. The van der Waals surface area contributed by atoms with E-state index in [0.717, 1.165) is 16.9 Å². The number of rotatable bonds is 4. The molecule has 0 aliphatic heterocycles. The molecule has 0 saturated heterocycles. The zero-order valence-electron chi connectivity index (χ0n) is 10.2. The van der Waals surface area contributed by atoms with Gasteiger partial charge in [-0.1, -0.05) is 53.3 Å². The molecule has 2 aromatic rings. The van der Waals surface area contributed by atoms with Gasteiger partial charge in [0.1, 0.15) is 5.15 Å². The van der Waals surface area contributed by atoms with Gasteiger partial charge in [0, 0.05) is 0 Å². The Kier molecular flexibility index (Phi) is 4.54. The summed E-state index contributed by atoms with van der Waals surface area (Å²) in [6.45, 7) is 0.381. The molecule has 8 heteroatoms. The average molecular weight is 311 g/mol. The lowest BCUT2D eigenvalue weighted by Crippen LogP contribution is -2.24. The van der Waals surface area contributed by atoms with Gasteiger partial charge in [-0.25, -0.2) is 10.2 Å². The van der Waals surface area contributed by atoms with Crippen LogP contribution in [0.15, 0.2) is 40.2 Å². The first kappa shape index (κ1) is 14.3. The first-order valence-electron chi connectivity index (χ1n) is 5.59. The number of hydrogen-bond acceptors (Lipinski definition) is 4. The molecule has 0 fully saturated rings. The Bertz CT molecular complexity index is 693. The van der Waals surface area contributed by atoms with E-state index in [1.54, 1.807) is 0 Å². The number of nitrogens with zero attached hydrogens (tertiary/aromatic N) is 2.